The van der Waals surface area contributed by atoms with Crippen molar-refractivity contribution in [2.75, 3.05) is 5.43 Å². The van der Waals surface area contributed by atoms with Crippen molar-refractivity contribution in [2.45, 2.75) is 38.6 Å². The lowest BCUT2D eigenvalue weighted by atomic mass is 9.86. The monoisotopic (exact) mass is 248 g/mol. The molecule has 1 saturated carbocycles. The zero-order chi connectivity index (χ0) is 13.0. The number of carbonyl (C=O) groups excluding carboxylic acids is 1. The normalized spacial score (nSPS) is 23.4. The van der Waals surface area contributed by atoms with E-state index in [-0.39, 0.29) is 11.9 Å². The molecule has 0 bridgehead atoms. The molecule has 1 aliphatic carbocycles. The zero-order valence-corrected chi connectivity index (χ0v) is 10.6. The van der Waals surface area contributed by atoms with E-state index in [1.807, 2.05) is 0 Å². The molecule has 5 nitrogen and oxygen atoms in total. The lowest BCUT2D eigenvalue weighted by Gasteiger charge is -2.29. The van der Waals surface area contributed by atoms with Gasteiger partial charge in [0.2, 0.25) is 0 Å². The quantitative estimate of drug-likeness (QED) is 0.561. The van der Waals surface area contributed by atoms with Gasteiger partial charge in [-0.15, -0.1) is 0 Å². The molecule has 5 heteroatoms. The van der Waals surface area contributed by atoms with Gasteiger partial charge in [0.25, 0.3) is 5.91 Å². The molecule has 1 aromatic heterocycles. The van der Waals surface area contributed by atoms with E-state index >= 15 is 0 Å². The topological polar surface area (TPSA) is 80.0 Å². The van der Waals surface area contributed by atoms with Gasteiger partial charge in [0.05, 0.1) is 11.9 Å². The lowest BCUT2D eigenvalue weighted by Crippen LogP contribution is -2.41. The van der Waals surface area contributed by atoms with Crippen molar-refractivity contribution in [1.29, 1.82) is 0 Å². The summed E-state index contributed by atoms with van der Waals surface area (Å²) >= 11 is 0. The summed E-state index contributed by atoms with van der Waals surface area (Å²) in [6.07, 6.45) is 6.27. The number of nitrogen functional groups attached to an aromatic ring is 1. The van der Waals surface area contributed by atoms with E-state index in [2.05, 4.69) is 22.7 Å². The minimum Gasteiger partial charge on any atom is -0.348 e. The Morgan fingerprint density at radius 2 is 2.17 bits per heavy atom. The molecule has 18 heavy (non-hydrogen) atoms. The van der Waals surface area contributed by atoms with Crippen LogP contribution in [0.15, 0.2) is 18.3 Å². The number of nitrogens with zero attached hydrogens (tertiary/aromatic N) is 1. The molecule has 0 aromatic carbocycles. The minimum absolute atomic E-state index is 0.0997. The Hall–Kier alpha value is -1.62. The number of hydrogen-bond acceptors (Lipinski definition) is 4. The van der Waals surface area contributed by atoms with E-state index in [0.717, 1.165) is 6.42 Å². The molecule has 98 valence electrons. The second kappa shape index (κ2) is 5.82. The largest absolute Gasteiger partial charge is 0.348 e. The Morgan fingerprint density at radius 3 is 2.78 bits per heavy atom. The second-order valence-corrected chi connectivity index (χ2v) is 4.92. The van der Waals surface area contributed by atoms with Crippen molar-refractivity contribution >= 4 is 11.6 Å². The van der Waals surface area contributed by atoms with Gasteiger partial charge in [-0.3, -0.25) is 10.6 Å². The number of pyridine rings is 1. The van der Waals surface area contributed by atoms with Crippen molar-refractivity contribution in [3.8, 4) is 0 Å². The highest BCUT2D eigenvalue weighted by molar-refractivity contribution is 5.92. The molecule has 2 unspecified atom stereocenters. The van der Waals surface area contributed by atoms with Crippen LogP contribution in [0.3, 0.4) is 0 Å². The summed E-state index contributed by atoms with van der Waals surface area (Å²) in [4.78, 5) is 16.1. The summed E-state index contributed by atoms with van der Waals surface area (Å²) in [5.41, 5.74) is 3.62. The molecular formula is C13H20N4O. The number of hydrazine groups is 1. The Balaban J connectivity index is 1.97. The standard InChI is InChI=1S/C13H20N4O/c1-9-4-2-3-5-11(9)16-13(18)12-7-6-10(17-14)8-15-12/h6-9,11,17H,2-5,14H2,1H3,(H,16,18). The second-order valence-electron chi connectivity index (χ2n) is 4.92. The van der Waals surface area contributed by atoms with Crippen LogP contribution in [0.1, 0.15) is 43.1 Å². The minimum atomic E-state index is -0.0997. The zero-order valence-electron chi connectivity index (χ0n) is 10.6. The van der Waals surface area contributed by atoms with E-state index in [1.165, 1.54) is 19.3 Å². The number of amides is 1. The molecular weight excluding hydrogens is 228 g/mol. The van der Waals surface area contributed by atoms with Crippen LogP contribution in [-0.2, 0) is 0 Å². The highest BCUT2D eigenvalue weighted by Gasteiger charge is 2.23. The average Bonchev–Trinajstić information content (AvgIpc) is 2.41. The van der Waals surface area contributed by atoms with Crippen LogP contribution in [0.2, 0.25) is 0 Å². The van der Waals surface area contributed by atoms with Crippen molar-refractivity contribution in [3.63, 3.8) is 0 Å². The average molecular weight is 248 g/mol. The number of anilines is 1. The third-order valence-electron chi connectivity index (χ3n) is 3.59. The Kier molecular flexibility index (Phi) is 4.15. The molecule has 0 saturated heterocycles. The fourth-order valence-corrected chi connectivity index (χ4v) is 2.39. The Morgan fingerprint density at radius 1 is 1.39 bits per heavy atom. The molecule has 0 spiro atoms. The van der Waals surface area contributed by atoms with Crippen molar-refractivity contribution in [2.24, 2.45) is 11.8 Å². The summed E-state index contributed by atoms with van der Waals surface area (Å²) in [7, 11) is 0. The van der Waals surface area contributed by atoms with Crippen LogP contribution in [0.4, 0.5) is 5.69 Å². The van der Waals surface area contributed by atoms with Crippen LogP contribution in [-0.4, -0.2) is 16.9 Å². The van der Waals surface area contributed by atoms with Crippen LogP contribution in [0.25, 0.3) is 0 Å². The predicted octanol–water partition coefficient (Wildman–Crippen LogP) is 1.68. The third kappa shape index (κ3) is 2.98. The number of nitrogens with one attached hydrogen (secondary N) is 2. The first-order valence-corrected chi connectivity index (χ1v) is 6.44. The smallest absolute Gasteiger partial charge is 0.270 e. The van der Waals surface area contributed by atoms with E-state index in [1.54, 1.807) is 18.3 Å². The number of rotatable bonds is 3. The van der Waals surface area contributed by atoms with Crippen molar-refractivity contribution in [1.82, 2.24) is 10.3 Å². The highest BCUT2D eigenvalue weighted by atomic mass is 16.1. The number of aromatic nitrogens is 1. The number of carbonyl (C=O) groups is 1. The van der Waals surface area contributed by atoms with E-state index in [9.17, 15) is 4.79 Å². The van der Waals surface area contributed by atoms with Gasteiger partial charge in [0, 0.05) is 6.04 Å². The maximum Gasteiger partial charge on any atom is 0.270 e. The summed E-state index contributed by atoms with van der Waals surface area (Å²) in [6, 6.07) is 3.70. The van der Waals surface area contributed by atoms with E-state index < -0.39 is 0 Å². The van der Waals surface area contributed by atoms with Crippen LogP contribution < -0.4 is 16.6 Å². The summed E-state index contributed by atoms with van der Waals surface area (Å²) < 4.78 is 0. The molecule has 1 heterocycles. The van der Waals surface area contributed by atoms with Crippen LogP contribution in [0, 0.1) is 5.92 Å². The fourth-order valence-electron chi connectivity index (χ4n) is 2.39. The van der Waals surface area contributed by atoms with Gasteiger partial charge in [0.1, 0.15) is 5.69 Å². The molecule has 0 radical (unpaired) electrons. The SMILES string of the molecule is CC1CCCCC1NC(=O)c1ccc(NN)cn1. The van der Waals surface area contributed by atoms with Gasteiger partial charge in [-0.2, -0.15) is 0 Å². The lowest BCUT2D eigenvalue weighted by molar-refractivity contribution is 0.0905. The first kappa shape index (κ1) is 12.8. The van der Waals surface area contributed by atoms with Gasteiger partial charge >= 0.3 is 0 Å². The van der Waals surface area contributed by atoms with Crippen molar-refractivity contribution < 1.29 is 4.79 Å². The Labute approximate surface area is 107 Å². The molecule has 1 aliphatic rings. The van der Waals surface area contributed by atoms with Crippen LogP contribution >= 0.6 is 0 Å². The fraction of sp³-hybridized carbons (Fsp3) is 0.538. The summed E-state index contributed by atoms with van der Waals surface area (Å²) in [5, 5.41) is 3.07. The maximum absolute atomic E-state index is 12.0. The van der Waals surface area contributed by atoms with Crippen molar-refractivity contribution in [3.05, 3.63) is 24.0 Å². The molecule has 2 atom stereocenters. The molecule has 0 aliphatic heterocycles. The Bertz CT molecular complexity index is 404. The molecule has 1 fully saturated rings. The molecule has 4 N–H and O–H groups in total. The summed E-state index contributed by atoms with van der Waals surface area (Å²) in [6.45, 7) is 2.19. The van der Waals surface area contributed by atoms with Crippen LogP contribution in [0.5, 0.6) is 0 Å². The summed E-state index contributed by atoms with van der Waals surface area (Å²) in [5.74, 6) is 5.70. The first-order chi connectivity index (χ1) is 8.70. The molecule has 1 aromatic rings. The van der Waals surface area contributed by atoms with Gasteiger partial charge < -0.3 is 10.7 Å². The van der Waals surface area contributed by atoms with Gasteiger partial charge in [0.15, 0.2) is 0 Å². The highest BCUT2D eigenvalue weighted by Crippen LogP contribution is 2.23. The third-order valence-corrected chi connectivity index (χ3v) is 3.59. The number of nitrogens with two attached hydrogens (primary N) is 1. The molecule has 2 rings (SSSR count). The van der Waals surface area contributed by atoms with Gasteiger partial charge in [-0.05, 0) is 30.9 Å². The van der Waals surface area contributed by atoms with E-state index in [0.29, 0.717) is 17.3 Å². The number of hydrogen-bond donors (Lipinski definition) is 3. The van der Waals surface area contributed by atoms with E-state index in [4.69, 9.17) is 5.84 Å². The maximum atomic E-state index is 12.0. The molecule has 1 amide bonds. The van der Waals surface area contributed by atoms with Gasteiger partial charge in [-0.25, -0.2) is 4.98 Å². The first-order valence-electron chi connectivity index (χ1n) is 6.44. The predicted molar refractivity (Wildman–Crippen MR) is 70.9 cm³/mol. The van der Waals surface area contributed by atoms with Gasteiger partial charge in [-0.1, -0.05) is 19.8 Å².